The number of carbonyl (C=O) groups is 1. The number of thioether (sulfide) groups is 1. The van der Waals surface area contributed by atoms with Gasteiger partial charge in [0.15, 0.2) is 5.17 Å². The summed E-state index contributed by atoms with van der Waals surface area (Å²) in [6.07, 6.45) is 5.58. The van der Waals surface area contributed by atoms with Gasteiger partial charge >= 0.3 is 0 Å². The molecule has 0 saturated carbocycles. The maximum atomic E-state index is 11.5. The number of nitrogens with zero attached hydrogens (tertiary/aromatic N) is 3. The van der Waals surface area contributed by atoms with Gasteiger partial charge in [0.1, 0.15) is 30.0 Å². The number of hydrogen-bond acceptors (Lipinski definition) is 11. The molecule has 0 radical (unpaired) electrons. The van der Waals surface area contributed by atoms with Gasteiger partial charge in [-0.25, -0.2) is 8.42 Å². The topological polar surface area (TPSA) is 144 Å². The number of aliphatic hydroxyl groups excluding tert-OH is 1. The molecule has 2 aromatic rings. The van der Waals surface area contributed by atoms with E-state index in [9.17, 15) is 23.4 Å². The smallest absolute Gasteiger partial charge is 0.229 e. The van der Waals surface area contributed by atoms with Crippen molar-refractivity contribution in [3.63, 3.8) is 0 Å². The van der Waals surface area contributed by atoms with Crippen molar-refractivity contribution in [2.45, 2.75) is 37.8 Å². The molecule has 3 aliphatic heterocycles. The second kappa shape index (κ2) is 14.0. The molecule has 0 unspecified atom stereocenters. The van der Waals surface area contributed by atoms with Gasteiger partial charge < -0.3 is 30.1 Å². The number of Topliss-reactive ketones (excluding diaryl/α,β-unsaturated/α-hetero) is 1. The van der Waals surface area contributed by atoms with Crippen LogP contribution in [0.1, 0.15) is 31.2 Å². The zero-order chi connectivity index (χ0) is 30.4. The molecular formula is C30H39N5O6S2. The SMILES string of the molecule is CS(=O)(=O)Nc1cc(OC[C@@H](O)CNC2CCN(c3ccc(C=C4CN=C(N5CCC(=O)CC5)S4)cc3)CC2)ccc1O. The fourth-order valence-corrected chi connectivity index (χ4v) is 6.83. The summed E-state index contributed by atoms with van der Waals surface area (Å²) >= 11 is 1.71. The van der Waals surface area contributed by atoms with Crippen molar-refractivity contribution >= 4 is 50.2 Å². The predicted octanol–water partition coefficient (Wildman–Crippen LogP) is 2.87. The monoisotopic (exact) mass is 629 g/mol. The second-order valence-corrected chi connectivity index (χ2v) is 14.0. The molecule has 2 saturated heterocycles. The maximum absolute atomic E-state index is 11.5. The number of piperidine rings is 2. The van der Waals surface area contributed by atoms with E-state index in [1.165, 1.54) is 28.8 Å². The summed E-state index contributed by atoms with van der Waals surface area (Å²) in [5.41, 5.74) is 2.37. The van der Waals surface area contributed by atoms with Gasteiger partial charge in [0.25, 0.3) is 0 Å². The maximum Gasteiger partial charge on any atom is 0.229 e. The molecule has 0 bridgehead atoms. The third-order valence-electron chi connectivity index (χ3n) is 7.61. The van der Waals surface area contributed by atoms with E-state index in [0.717, 1.165) is 56.0 Å². The molecule has 2 aromatic carbocycles. The first-order valence-corrected chi connectivity index (χ1v) is 17.2. The number of aliphatic imine (C=N–C) groups is 1. The lowest BCUT2D eigenvalue weighted by atomic mass is 10.0. The lowest BCUT2D eigenvalue weighted by molar-refractivity contribution is -0.120. The van der Waals surface area contributed by atoms with Crippen LogP contribution < -0.4 is 19.7 Å². The fourth-order valence-electron chi connectivity index (χ4n) is 5.26. The number of rotatable bonds is 10. The standard InChI is InChI=1S/C30H39N5O6S2/c1-43(39,40)33-28-17-26(6-7-29(28)38)41-20-25(37)18-31-22-8-12-34(13-9-22)23-4-2-21(3-5-23)16-27-19-32-30(42-27)35-14-10-24(36)11-15-35/h2-7,16-17,22,25,31,33,37-38H,8-15,18-20H2,1H3/t25-/m0/s1. The Balaban J connectivity index is 1.02. The molecule has 13 heteroatoms. The van der Waals surface area contributed by atoms with Crippen LogP contribution in [-0.2, 0) is 14.8 Å². The first-order chi connectivity index (χ1) is 20.6. The molecule has 3 heterocycles. The van der Waals surface area contributed by atoms with E-state index in [4.69, 9.17) is 4.74 Å². The summed E-state index contributed by atoms with van der Waals surface area (Å²) in [6, 6.07) is 13.2. The minimum absolute atomic E-state index is 0.0238. The van der Waals surface area contributed by atoms with Crippen LogP contribution in [0.3, 0.4) is 0 Å². The fraction of sp³-hybridized carbons (Fsp3) is 0.467. The van der Waals surface area contributed by atoms with Crippen LogP contribution >= 0.6 is 11.8 Å². The molecule has 1 atom stereocenters. The van der Waals surface area contributed by atoms with Crippen molar-refractivity contribution in [3.05, 3.63) is 52.9 Å². The Morgan fingerprint density at radius 3 is 2.51 bits per heavy atom. The number of sulfonamides is 1. The van der Waals surface area contributed by atoms with E-state index < -0.39 is 16.1 Å². The number of phenols is 1. The summed E-state index contributed by atoms with van der Waals surface area (Å²) < 4.78 is 30.8. The van der Waals surface area contributed by atoms with Gasteiger partial charge in [-0.3, -0.25) is 14.5 Å². The number of benzene rings is 2. The second-order valence-electron chi connectivity index (χ2n) is 11.1. The van der Waals surface area contributed by atoms with Crippen LogP contribution in [-0.4, -0.2) is 98.8 Å². The molecule has 232 valence electrons. The molecule has 4 N–H and O–H groups in total. The molecule has 0 aromatic heterocycles. The van der Waals surface area contributed by atoms with Crippen molar-refractivity contribution < 1.29 is 28.2 Å². The summed E-state index contributed by atoms with van der Waals surface area (Å²) in [7, 11) is -3.55. The summed E-state index contributed by atoms with van der Waals surface area (Å²) in [5, 5.41) is 24.7. The van der Waals surface area contributed by atoms with Crippen molar-refractivity contribution in [2.75, 3.05) is 61.8 Å². The number of carbonyl (C=O) groups excluding carboxylic acids is 1. The number of anilines is 2. The van der Waals surface area contributed by atoms with E-state index in [1.807, 2.05) is 0 Å². The van der Waals surface area contributed by atoms with Crippen LogP contribution in [0, 0.1) is 0 Å². The van der Waals surface area contributed by atoms with Gasteiger partial charge in [0.2, 0.25) is 10.0 Å². The Kier molecular flexibility index (Phi) is 10.2. The van der Waals surface area contributed by atoms with Gasteiger partial charge in [-0.1, -0.05) is 23.9 Å². The molecule has 0 spiro atoms. The van der Waals surface area contributed by atoms with Gasteiger partial charge in [-0.2, -0.15) is 0 Å². The number of amidine groups is 1. The predicted molar refractivity (Wildman–Crippen MR) is 171 cm³/mol. The number of ketones is 1. The number of ether oxygens (including phenoxy) is 1. The van der Waals surface area contributed by atoms with Crippen LogP contribution in [0.25, 0.3) is 6.08 Å². The Hall–Kier alpha value is -3.26. The molecule has 2 fully saturated rings. The molecule has 3 aliphatic rings. The van der Waals surface area contributed by atoms with Crippen LogP contribution in [0.4, 0.5) is 11.4 Å². The number of likely N-dealkylation sites (tertiary alicyclic amines) is 1. The van der Waals surface area contributed by atoms with Gasteiger partial charge in [-0.05, 0) is 48.7 Å². The van der Waals surface area contributed by atoms with Crippen molar-refractivity contribution in [2.24, 2.45) is 4.99 Å². The van der Waals surface area contributed by atoms with Crippen molar-refractivity contribution in [3.8, 4) is 11.5 Å². The Bertz CT molecular complexity index is 1450. The van der Waals surface area contributed by atoms with Gasteiger partial charge in [-0.15, -0.1) is 0 Å². The van der Waals surface area contributed by atoms with E-state index in [1.54, 1.807) is 11.8 Å². The average Bonchev–Trinajstić information content (AvgIpc) is 3.45. The minimum atomic E-state index is -3.55. The van der Waals surface area contributed by atoms with E-state index in [-0.39, 0.29) is 18.0 Å². The highest BCUT2D eigenvalue weighted by atomic mass is 32.2. The average molecular weight is 630 g/mol. The molecule has 0 aliphatic carbocycles. The molecule has 0 amide bonds. The zero-order valence-electron chi connectivity index (χ0n) is 24.2. The summed E-state index contributed by atoms with van der Waals surface area (Å²) in [5.74, 6) is 0.475. The number of aromatic hydroxyl groups is 1. The first-order valence-electron chi connectivity index (χ1n) is 14.5. The Morgan fingerprint density at radius 1 is 1.09 bits per heavy atom. The molecule has 11 nitrogen and oxygen atoms in total. The van der Waals surface area contributed by atoms with Crippen LogP contribution in [0.2, 0.25) is 0 Å². The van der Waals surface area contributed by atoms with Crippen LogP contribution in [0.5, 0.6) is 11.5 Å². The highest BCUT2D eigenvalue weighted by Crippen LogP contribution is 2.31. The Labute approximate surface area is 257 Å². The molecule has 43 heavy (non-hydrogen) atoms. The lowest BCUT2D eigenvalue weighted by Gasteiger charge is -2.34. The largest absolute Gasteiger partial charge is 0.506 e. The van der Waals surface area contributed by atoms with Crippen LogP contribution in [0.15, 0.2) is 52.4 Å². The summed E-state index contributed by atoms with van der Waals surface area (Å²) in [4.78, 5) is 22.0. The quantitative estimate of drug-likeness (QED) is 0.290. The van der Waals surface area contributed by atoms with E-state index in [2.05, 4.69) is 55.2 Å². The lowest BCUT2D eigenvalue weighted by Crippen LogP contribution is -2.45. The van der Waals surface area contributed by atoms with E-state index in [0.29, 0.717) is 43.5 Å². The molecule has 5 rings (SSSR count). The van der Waals surface area contributed by atoms with Crippen molar-refractivity contribution in [1.29, 1.82) is 0 Å². The van der Waals surface area contributed by atoms with Gasteiger partial charge in [0, 0.05) is 68.3 Å². The first kappa shape index (κ1) is 31.2. The third-order valence-corrected chi connectivity index (χ3v) is 9.28. The highest BCUT2D eigenvalue weighted by molar-refractivity contribution is 8.17. The number of nitrogens with one attached hydrogen (secondary N) is 2. The minimum Gasteiger partial charge on any atom is -0.506 e. The zero-order valence-corrected chi connectivity index (χ0v) is 25.9. The number of hydrogen-bond donors (Lipinski definition) is 4. The Morgan fingerprint density at radius 2 is 1.81 bits per heavy atom. The third kappa shape index (κ3) is 9.12. The highest BCUT2D eigenvalue weighted by Gasteiger charge is 2.24. The van der Waals surface area contributed by atoms with Crippen molar-refractivity contribution in [1.82, 2.24) is 10.2 Å². The number of aliphatic hydroxyl groups is 1. The summed E-state index contributed by atoms with van der Waals surface area (Å²) in [6.45, 7) is 4.46. The molecular weight excluding hydrogens is 590 g/mol. The van der Waals surface area contributed by atoms with E-state index >= 15 is 0 Å². The van der Waals surface area contributed by atoms with Gasteiger partial charge in [0.05, 0.1) is 18.5 Å². The normalized spacial score (nSPS) is 19.9. The number of phenolic OH excluding ortho intramolecular Hbond substituents is 1.